The summed E-state index contributed by atoms with van der Waals surface area (Å²) in [5.74, 6) is 0.445. The van der Waals surface area contributed by atoms with E-state index in [9.17, 15) is 9.59 Å². The maximum absolute atomic E-state index is 12.5. The number of aromatic nitrogens is 2. The lowest BCUT2D eigenvalue weighted by Crippen LogP contribution is -2.20. The van der Waals surface area contributed by atoms with Crippen molar-refractivity contribution in [3.8, 4) is 11.5 Å². The lowest BCUT2D eigenvalue weighted by atomic mass is 10.1. The molecule has 0 saturated heterocycles. The molecule has 1 atom stereocenters. The fraction of sp³-hybridized carbons (Fsp3) is 0.222. The molecule has 8 nitrogen and oxygen atoms in total. The van der Waals surface area contributed by atoms with Crippen LogP contribution in [0.25, 0.3) is 0 Å². The van der Waals surface area contributed by atoms with E-state index in [4.69, 9.17) is 9.47 Å². The first kappa shape index (κ1) is 17.1. The molecular formula is C18H14N4O4S2. The summed E-state index contributed by atoms with van der Waals surface area (Å²) in [6, 6.07) is 5.02. The predicted octanol–water partition coefficient (Wildman–Crippen LogP) is 3.25. The third-order valence-corrected chi connectivity index (χ3v) is 6.29. The van der Waals surface area contributed by atoms with Crippen molar-refractivity contribution < 1.29 is 19.1 Å². The summed E-state index contributed by atoms with van der Waals surface area (Å²) in [5.41, 5.74) is 1.19. The largest absolute Gasteiger partial charge is 0.454 e. The lowest BCUT2D eigenvalue weighted by Gasteiger charge is -2.08. The summed E-state index contributed by atoms with van der Waals surface area (Å²) >= 11 is 2.78. The van der Waals surface area contributed by atoms with Gasteiger partial charge in [0.2, 0.25) is 12.7 Å². The Morgan fingerprint density at radius 3 is 2.89 bits per heavy atom. The molecule has 0 bridgehead atoms. The van der Waals surface area contributed by atoms with Gasteiger partial charge in [-0.3, -0.25) is 14.9 Å². The Balaban J connectivity index is 1.30. The number of carbonyl (C=O) groups excluding carboxylic acids is 2. The summed E-state index contributed by atoms with van der Waals surface area (Å²) in [6.45, 7) is 0.157. The first-order valence-corrected chi connectivity index (χ1v) is 10.3. The summed E-state index contributed by atoms with van der Waals surface area (Å²) in [4.78, 5) is 34.7. The van der Waals surface area contributed by atoms with Crippen LogP contribution >= 0.6 is 22.7 Å². The van der Waals surface area contributed by atoms with Crippen LogP contribution in [0.4, 0.5) is 10.3 Å². The Morgan fingerprint density at radius 2 is 2.04 bits per heavy atom. The number of aryl methyl sites for hydroxylation is 1. The van der Waals surface area contributed by atoms with Gasteiger partial charge < -0.3 is 14.8 Å². The number of thiazole rings is 2. The Hall–Kier alpha value is -2.98. The standard InChI is InChI=1S/C18H14N4O4S2/c23-15(9-1-3-11-12(7-9)26-8-25-11)21-18-20-14-10(2-4-13(14)28-18)16(24)22-17-19-5-6-27-17/h1,3,5-7,10H,2,4,8H2,(H,19,22,24)(H,20,21,23). The van der Waals surface area contributed by atoms with Gasteiger partial charge in [-0.15, -0.1) is 22.7 Å². The highest BCUT2D eigenvalue weighted by molar-refractivity contribution is 7.16. The van der Waals surface area contributed by atoms with Gasteiger partial charge in [-0.1, -0.05) is 0 Å². The van der Waals surface area contributed by atoms with Gasteiger partial charge in [0.1, 0.15) is 0 Å². The zero-order valence-corrected chi connectivity index (χ0v) is 16.1. The van der Waals surface area contributed by atoms with Gasteiger partial charge in [0, 0.05) is 22.0 Å². The molecule has 0 spiro atoms. The monoisotopic (exact) mass is 414 g/mol. The summed E-state index contributed by atoms with van der Waals surface area (Å²) in [5, 5.41) is 8.51. The Bertz CT molecular complexity index is 1060. The second-order valence-corrected chi connectivity index (χ2v) is 8.25. The van der Waals surface area contributed by atoms with E-state index in [0.717, 1.165) is 17.0 Å². The minimum absolute atomic E-state index is 0.118. The van der Waals surface area contributed by atoms with E-state index in [1.807, 2.05) is 5.38 Å². The van der Waals surface area contributed by atoms with E-state index in [2.05, 4.69) is 20.6 Å². The van der Waals surface area contributed by atoms with Crippen LogP contribution in [0.15, 0.2) is 29.8 Å². The fourth-order valence-corrected chi connectivity index (χ4v) is 4.79. The minimum atomic E-state index is -0.327. The van der Waals surface area contributed by atoms with Crippen molar-refractivity contribution in [1.82, 2.24) is 9.97 Å². The van der Waals surface area contributed by atoms with Crippen LogP contribution in [-0.4, -0.2) is 28.6 Å². The minimum Gasteiger partial charge on any atom is -0.454 e. The molecule has 2 aliphatic rings. The molecule has 142 valence electrons. The number of fused-ring (bicyclic) bond motifs is 2. The lowest BCUT2D eigenvalue weighted by molar-refractivity contribution is -0.117. The second kappa shape index (κ2) is 6.88. The second-order valence-electron chi connectivity index (χ2n) is 6.27. The average Bonchev–Trinajstić information content (AvgIpc) is 3.45. The smallest absolute Gasteiger partial charge is 0.257 e. The molecule has 0 radical (unpaired) electrons. The van der Waals surface area contributed by atoms with Crippen LogP contribution in [0.1, 0.15) is 33.3 Å². The van der Waals surface area contributed by atoms with Crippen LogP contribution in [0.5, 0.6) is 11.5 Å². The predicted molar refractivity (Wildman–Crippen MR) is 104 cm³/mol. The van der Waals surface area contributed by atoms with Crippen molar-refractivity contribution in [2.75, 3.05) is 17.4 Å². The first-order chi connectivity index (χ1) is 13.7. The van der Waals surface area contributed by atoms with Gasteiger partial charge in [0.25, 0.3) is 5.91 Å². The summed E-state index contributed by atoms with van der Waals surface area (Å²) < 4.78 is 10.6. The van der Waals surface area contributed by atoms with Crippen molar-refractivity contribution >= 4 is 44.8 Å². The van der Waals surface area contributed by atoms with Gasteiger partial charge in [-0.05, 0) is 31.0 Å². The van der Waals surface area contributed by atoms with E-state index < -0.39 is 0 Å². The van der Waals surface area contributed by atoms with Crippen LogP contribution in [-0.2, 0) is 11.2 Å². The van der Waals surface area contributed by atoms with E-state index in [-0.39, 0.29) is 24.5 Å². The van der Waals surface area contributed by atoms with Crippen molar-refractivity contribution in [3.05, 3.63) is 45.9 Å². The molecule has 1 aliphatic heterocycles. The van der Waals surface area contributed by atoms with Crippen LogP contribution < -0.4 is 20.1 Å². The Kier molecular flexibility index (Phi) is 4.21. The number of carbonyl (C=O) groups is 2. The summed E-state index contributed by atoms with van der Waals surface area (Å²) in [6.07, 6.45) is 3.12. The fourth-order valence-electron chi connectivity index (χ4n) is 3.22. The van der Waals surface area contributed by atoms with Crippen LogP contribution in [0, 0.1) is 0 Å². The zero-order chi connectivity index (χ0) is 19.1. The van der Waals surface area contributed by atoms with E-state index in [1.54, 1.807) is 24.4 Å². The highest BCUT2D eigenvalue weighted by atomic mass is 32.1. The molecule has 1 aliphatic carbocycles. The first-order valence-electron chi connectivity index (χ1n) is 8.58. The Morgan fingerprint density at radius 1 is 1.14 bits per heavy atom. The number of benzene rings is 1. The number of amides is 2. The number of hydrogen-bond donors (Lipinski definition) is 2. The van der Waals surface area contributed by atoms with Gasteiger partial charge in [-0.2, -0.15) is 0 Å². The van der Waals surface area contributed by atoms with Crippen LogP contribution in [0.2, 0.25) is 0 Å². The van der Waals surface area contributed by atoms with Gasteiger partial charge in [-0.25, -0.2) is 9.97 Å². The Labute approximate surface area is 167 Å². The van der Waals surface area contributed by atoms with Crippen molar-refractivity contribution in [3.63, 3.8) is 0 Å². The molecule has 0 saturated carbocycles. The molecule has 3 aromatic rings. The molecule has 2 aromatic heterocycles. The number of nitrogens with zero attached hydrogens (tertiary/aromatic N) is 2. The number of anilines is 2. The van der Waals surface area contributed by atoms with E-state index in [0.29, 0.717) is 33.7 Å². The molecule has 0 fully saturated rings. The molecule has 2 N–H and O–H groups in total. The molecule has 1 unspecified atom stereocenters. The summed E-state index contributed by atoms with van der Waals surface area (Å²) in [7, 11) is 0. The highest BCUT2D eigenvalue weighted by Gasteiger charge is 2.33. The van der Waals surface area contributed by atoms with Crippen molar-refractivity contribution in [2.24, 2.45) is 0 Å². The van der Waals surface area contributed by atoms with E-state index >= 15 is 0 Å². The third kappa shape index (κ3) is 3.10. The zero-order valence-electron chi connectivity index (χ0n) is 14.4. The molecule has 28 heavy (non-hydrogen) atoms. The van der Waals surface area contributed by atoms with E-state index in [1.165, 1.54) is 22.7 Å². The maximum atomic E-state index is 12.5. The molecule has 3 heterocycles. The molecule has 10 heteroatoms. The quantitative estimate of drug-likeness (QED) is 0.679. The number of rotatable bonds is 4. The molecule has 1 aromatic carbocycles. The van der Waals surface area contributed by atoms with Crippen molar-refractivity contribution in [1.29, 1.82) is 0 Å². The number of hydrogen-bond acceptors (Lipinski definition) is 8. The third-order valence-electron chi connectivity index (χ3n) is 4.55. The number of ether oxygens (including phenoxy) is 2. The molecular weight excluding hydrogens is 400 g/mol. The average molecular weight is 414 g/mol. The van der Waals surface area contributed by atoms with Crippen molar-refractivity contribution in [2.45, 2.75) is 18.8 Å². The molecule has 5 rings (SSSR count). The van der Waals surface area contributed by atoms with Gasteiger partial charge >= 0.3 is 0 Å². The van der Waals surface area contributed by atoms with Gasteiger partial charge in [0.05, 0.1) is 11.6 Å². The highest BCUT2D eigenvalue weighted by Crippen LogP contribution is 2.39. The SMILES string of the molecule is O=C(Nc1nc2c(s1)CCC2C(=O)Nc1nccs1)c1ccc2c(c1)OCO2. The topological polar surface area (TPSA) is 102 Å². The number of nitrogens with one attached hydrogen (secondary N) is 2. The molecule has 2 amide bonds. The van der Waals surface area contributed by atoms with Gasteiger partial charge in [0.15, 0.2) is 21.8 Å². The maximum Gasteiger partial charge on any atom is 0.257 e. The van der Waals surface area contributed by atoms with Crippen LogP contribution in [0.3, 0.4) is 0 Å². The normalized spacial score (nSPS) is 16.6.